The summed E-state index contributed by atoms with van der Waals surface area (Å²) in [7, 11) is 0. The van der Waals surface area contributed by atoms with E-state index < -0.39 is 23.6 Å². The van der Waals surface area contributed by atoms with Crippen molar-refractivity contribution in [2.75, 3.05) is 13.1 Å². The Kier molecular flexibility index (Phi) is 11.5. The molecule has 0 spiro atoms. The number of nitrogens with zero attached hydrogens (tertiary/aromatic N) is 4. The SMILES string of the molecule is Cc1ccc(-c2ccc(CC(N)C[C@H](O)[C@H](Cc3ccccc3)NC(=O)C(N3CCN(Cc4cccc(C)n4)C3=O)C(C)(C)C)cc2)nc1. The van der Waals surface area contributed by atoms with Crippen LogP contribution in [0, 0.1) is 19.3 Å². The second-order valence-corrected chi connectivity index (χ2v) is 14.4. The summed E-state index contributed by atoms with van der Waals surface area (Å²) in [5, 5.41) is 14.8. The number of hydrogen-bond donors (Lipinski definition) is 3. The maximum atomic E-state index is 14.2. The van der Waals surface area contributed by atoms with Crippen LogP contribution in [0.15, 0.2) is 91.1 Å². The molecular formula is C40H50N6O3. The van der Waals surface area contributed by atoms with Gasteiger partial charge in [0.05, 0.1) is 30.1 Å². The lowest BCUT2D eigenvalue weighted by molar-refractivity contribution is -0.130. The molecule has 2 aromatic carbocycles. The third-order valence-electron chi connectivity index (χ3n) is 9.10. The highest BCUT2D eigenvalue weighted by Gasteiger charge is 2.44. The second-order valence-electron chi connectivity index (χ2n) is 14.4. The van der Waals surface area contributed by atoms with Crippen LogP contribution in [-0.4, -0.2) is 74.1 Å². The standard InChI is InChI=1S/C40H50N6O3/c1-27-14-19-34(42-25-27)31-17-15-30(16-18-31)22-32(41)24-36(47)35(23-29-11-7-6-8-12-29)44-38(48)37(40(3,4)5)46-21-20-45(39(46)49)26-33-13-9-10-28(2)43-33/h6-19,25,32,35-37,47H,20-24,26,41H2,1-5H3,(H,44,48)/t32?,35-,36-,37?/m0/s1. The van der Waals surface area contributed by atoms with Crippen molar-refractivity contribution in [2.45, 2.75) is 84.7 Å². The zero-order valence-corrected chi connectivity index (χ0v) is 29.3. The number of carbonyl (C=O) groups excluding carboxylic acids is 2. The second kappa shape index (κ2) is 15.7. The van der Waals surface area contributed by atoms with E-state index in [-0.39, 0.29) is 18.0 Å². The summed E-state index contributed by atoms with van der Waals surface area (Å²) >= 11 is 0. The van der Waals surface area contributed by atoms with Crippen LogP contribution in [0.4, 0.5) is 4.79 Å². The highest BCUT2D eigenvalue weighted by atomic mass is 16.3. The van der Waals surface area contributed by atoms with Gasteiger partial charge in [-0.3, -0.25) is 14.8 Å². The Morgan fingerprint density at radius 1 is 0.918 bits per heavy atom. The van der Waals surface area contributed by atoms with Gasteiger partial charge in [0.1, 0.15) is 6.04 Å². The van der Waals surface area contributed by atoms with E-state index in [1.807, 2.05) is 126 Å². The fraction of sp³-hybridized carbons (Fsp3) is 0.400. The Balaban J connectivity index is 1.27. The number of rotatable bonds is 13. The van der Waals surface area contributed by atoms with Crippen LogP contribution < -0.4 is 11.1 Å². The molecule has 2 unspecified atom stereocenters. The molecule has 3 amide bonds. The monoisotopic (exact) mass is 662 g/mol. The molecule has 0 saturated carbocycles. The summed E-state index contributed by atoms with van der Waals surface area (Å²) < 4.78 is 0. The maximum Gasteiger partial charge on any atom is 0.321 e. The summed E-state index contributed by atoms with van der Waals surface area (Å²) in [4.78, 5) is 40.4. The Morgan fingerprint density at radius 3 is 2.29 bits per heavy atom. The van der Waals surface area contributed by atoms with Gasteiger partial charge in [-0.05, 0) is 73.4 Å². The van der Waals surface area contributed by atoms with Gasteiger partial charge in [0, 0.05) is 36.6 Å². The molecule has 1 aliphatic heterocycles. The van der Waals surface area contributed by atoms with Crippen LogP contribution in [-0.2, 0) is 24.2 Å². The third-order valence-corrected chi connectivity index (χ3v) is 9.10. The number of urea groups is 1. The fourth-order valence-electron chi connectivity index (χ4n) is 6.60. The lowest BCUT2D eigenvalue weighted by atomic mass is 9.84. The molecule has 4 aromatic rings. The van der Waals surface area contributed by atoms with Crippen molar-refractivity contribution in [3.8, 4) is 11.3 Å². The predicted molar refractivity (Wildman–Crippen MR) is 194 cm³/mol. The van der Waals surface area contributed by atoms with E-state index in [0.717, 1.165) is 39.3 Å². The molecule has 0 bridgehead atoms. The molecule has 2 aromatic heterocycles. The maximum absolute atomic E-state index is 14.2. The molecule has 1 fully saturated rings. The number of aromatic nitrogens is 2. The van der Waals surface area contributed by atoms with E-state index in [9.17, 15) is 14.7 Å². The average Bonchev–Trinajstić information content (AvgIpc) is 3.39. The largest absolute Gasteiger partial charge is 0.391 e. The van der Waals surface area contributed by atoms with Crippen molar-refractivity contribution in [1.82, 2.24) is 25.1 Å². The zero-order valence-electron chi connectivity index (χ0n) is 29.3. The van der Waals surface area contributed by atoms with Gasteiger partial charge in [-0.2, -0.15) is 0 Å². The van der Waals surface area contributed by atoms with E-state index in [4.69, 9.17) is 5.73 Å². The van der Waals surface area contributed by atoms with E-state index in [0.29, 0.717) is 38.9 Å². The minimum atomic E-state index is -0.908. The van der Waals surface area contributed by atoms with Gasteiger partial charge >= 0.3 is 6.03 Å². The minimum absolute atomic E-state index is 0.190. The number of aliphatic hydroxyl groups excluding tert-OH is 1. The first-order chi connectivity index (χ1) is 23.4. The summed E-state index contributed by atoms with van der Waals surface area (Å²) in [6, 6.07) is 25.9. The normalized spacial score (nSPS) is 15.9. The molecule has 3 heterocycles. The molecule has 49 heavy (non-hydrogen) atoms. The van der Waals surface area contributed by atoms with Gasteiger partial charge in [-0.1, -0.05) is 87.5 Å². The summed E-state index contributed by atoms with van der Waals surface area (Å²) in [6.07, 6.45) is 2.24. The summed E-state index contributed by atoms with van der Waals surface area (Å²) in [5.41, 5.74) is 12.9. The Hall–Kier alpha value is -4.60. The van der Waals surface area contributed by atoms with Gasteiger partial charge in [0.15, 0.2) is 0 Å². The molecule has 9 nitrogen and oxygen atoms in total. The number of aliphatic hydroxyl groups is 1. The first kappa shape index (κ1) is 35.7. The van der Waals surface area contributed by atoms with E-state index in [2.05, 4.69) is 15.3 Å². The highest BCUT2D eigenvalue weighted by molar-refractivity contribution is 5.89. The lowest BCUT2D eigenvalue weighted by Gasteiger charge is -2.38. The average molecular weight is 663 g/mol. The smallest absolute Gasteiger partial charge is 0.321 e. The van der Waals surface area contributed by atoms with E-state index in [1.54, 1.807) is 9.80 Å². The van der Waals surface area contributed by atoms with E-state index in [1.165, 1.54) is 0 Å². The minimum Gasteiger partial charge on any atom is -0.391 e. The Labute approximate surface area is 290 Å². The van der Waals surface area contributed by atoms with Crippen molar-refractivity contribution < 1.29 is 14.7 Å². The van der Waals surface area contributed by atoms with Crippen LogP contribution in [0.25, 0.3) is 11.3 Å². The van der Waals surface area contributed by atoms with Crippen molar-refractivity contribution >= 4 is 11.9 Å². The summed E-state index contributed by atoms with van der Waals surface area (Å²) in [5.74, 6) is -0.287. The molecule has 5 rings (SSSR count). The Bertz CT molecular complexity index is 1690. The molecular weight excluding hydrogens is 612 g/mol. The fourth-order valence-corrected chi connectivity index (χ4v) is 6.60. The molecule has 4 atom stereocenters. The topological polar surface area (TPSA) is 125 Å². The van der Waals surface area contributed by atoms with Crippen molar-refractivity contribution in [2.24, 2.45) is 11.1 Å². The number of amides is 3. The van der Waals surface area contributed by atoms with Crippen molar-refractivity contribution in [3.05, 3.63) is 119 Å². The van der Waals surface area contributed by atoms with Gasteiger partial charge in [0.2, 0.25) is 5.91 Å². The number of nitrogens with two attached hydrogens (primary N) is 1. The number of hydrogen-bond acceptors (Lipinski definition) is 6. The van der Waals surface area contributed by atoms with E-state index >= 15 is 0 Å². The number of pyridine rings is 2. The quantitative estimate of drug-likeness (QED) is 0.175. The van der Waals surface area contributed by atoms with Gasteiger partial charge in [-0.15, -0.1) is 0 Å². The first-order valence-electron chi connectivity index (χ1n) is 17.2. The molecule has 1 saturated heterocycles. The van der Waals surface area contributed by atoms with Crippen LogP contribution in [0.2, 0.25) is 0 Å². The zero-order chi connectivity index (χ0) is 35.1. The number of nitrogens with one attached hydrogen (secondary N) is 1. The van der Waals surface area contributed by atoms with Gasteiger partial charge in [-0.25, -0.2) is 4.79 Å². The highest BCUT2D eigenvalue weighted by Crippen LogP contribution is 2.29. The molecule has 0 radical (unpaired) electrons. The number of benzene rings is 2. The van der Waals surface area contributed by atoms with Crippen LogP contribution in [0.5, 0.6) is 0 Å². The molecule has 0 aliphatic carbocycles. The molecule has 4 N–H and O–H groups in total. The van der Waals surface area contributed by atoms with Crippen LogP contribution >= 0.6 is 0 Å². The Morgan fingerprint density at radius 2 is 1.63 bits per heavy atom. The third kappa shape index (κ3) is 9.52. The lowest BCUT2D eigenvalue weighted by Crippen LogP contribution is -2.58. The molecule has 9 heteroatoms. The number of aryl methyl sites for hydroxylation is 2. The van der Waals surface area contributed by atoms with Crippen LogP contribution in [0.3, 0.4) is 0 Å². The van der Waals surface area contributed by atoms with Gasteiger partial charge in [0.25, 0.3) is 0 Å². The van der Waals surface area contributed by atoms with Crippen LogP contribution in [0.1, 0.15) is 55.3 Å². The molecule has 1 aliphatic rings. The predicted octanol–water partition coefficient (Wildman–Crippen LogP) is 5.46. The summed E-state index contributed by atoms with van der Waals surface area (Å²) in [6.45, 7) is 11.2. The molecule has 258 valence electrons. The van der Waals surface area contributed by atoms with Gasteiger partial charge < -0.3 is 26.0 Å². The van der Waals surface area contributed by atoms with Crippen molar-refractivity contribution in [3.63, 3.8) is 0 Å². The first-order valence-corrected chi connectivity index (χ1v) is 17.2. The number of carbonyl (C=O) groups is 2. The van der Waals surface area contributed by atoms with Crippen molar-refractivity contribution in [1.29, 1.82) is 0 Å².